The first-order valence-electron chi connectivity index (χ1n) is 7.19. The van der Waals surface area contributed by atoms with Gasteiger partial charge < -0.3 is 10.1 Å². The molecule has 3 nitrogen and oxygen atoms in total. The molecule has 1 rings (SSSR count). The zero-order valence-corrected chi connectivity index (χ0v) is 11.2. The van der Waals surface area contributed by atoms with Gasteiger partial charge in [-0.05, 0) is 45.2 Å². The van der Waals surface area contributed by atoms with Gasteiger partial charge >= 0.3 is 5.97 Å². The molecule has 0 amide bonds. The maximum atomic E-state index is 11.1. The molecule has 100 valence electrons. The average Bonchev–Trinajstić information content (AvgIpc) is 2.35. The number of unbranched alkanes of at least 4 members (excludes halogenated alkanes) is 3. The summed E-state index contributed by atoms with van der Waals surface area (Å²) in [4.78, 5) is 11.1. The molecule has 1 fully saturated rings. The number of carbonyl (C=O) groups excluding carboxylic acids is 1. The van der Waals surface area contributed by atoms with E-state index < -0.39 is 0 Å². The van der Waals surface area contributed by atoms with E-state index in [1.165, 1.54) is 51.6 Å². The molecule has 0 radical (unpaired) electrons. The van der Waals surface area contributed by atoms with Gasteiger partial charge in [-0.15, -0.1) is 0 Å². The van der Waals surface area contributed by atoms with Crippen molar-refractivity contribution in [2.75, 3.05) is 19.7 Å². The largest absolute Gasteiger partial charge is 0.466 e. The number of piperidine rings is 1. The van der Waals surface area contributed by atoms with Gasteiger partial charge in [0.1, 0.15) is 0 Å². The smallest absolute Gasteiger partial charge is 0.305 e. The van der Waals surface area contributed by atoms with Gasteiger partial charge in [-0.25, -0.2) is 0 Å². The molecular formula is C14H27NO2. The minimum Gasteiger partial charge on any atom is -0.466 e. The Morgan fingerprint density at radius 2 is 1.88 bits per heavy atom. The van der Waals surface area contributed by atoms with Crippen molar-refractivity contribution in [3.8, 4) is 0 Å². The van der Waals surface area contributed by atoms with Crippen molar-refractivity contribution in [1.29, 1.82) is 0 Å². The number of ether oxygens (including phenoxy) is 1. The average molecular weight is 241 g/mol. The summed E-state index contributed by atoms with van der Waals surface area (Å²) in [6, 6.07) is 0. The molecule has 1 aliphatic rings. The third-order valence-corrected chi connectivity index (χ3v) is 3.51. The maximum Gasteiger partial charge on any atom is 0.305 e. The highest BCUT2D eigenvalue weighted by Crippen LogP contribution is 2.19. The molecule has 0 unspecified atom stereocenters. The topological polar surface area (TPSA) is 38.3 Å². The van der Waals surface area contributed by atoms with Crippen molar-refractivity contribution in [2.24, 2.45) is 5.92 Å². The Morgan fingerprint density at radius 3 is 2.59 bits per heavy atom. The SMILES string of the molecule is CCOC(=O)CCCCCCC1CCNCC1. The minimum absolute atomic E-state index is 0.0362. The Balaban J connectivity index is 1.85. The van der Waals surface area contributed by atoms with Crippen LogP contribution in [0.5, 0.6) is 0 Å². The van der Waals surface area contributed by atoms with Crippen molar-refractivity contribution >= 4 is 5.97 Å². The standard InChI is InChI=1S/C14H27NO2/c1-2-17-14(16)8-6-4-3-5-7-13-9-11-15-12-10-13/h13,15H,2-12H2,1H3. The first-order chi connectivity index (χ1) is 8.33. The molecule has 0 aliphatic carbocycles. The van der Waals surface area contributed by atoms with Crippen LogP contribution in [0.4, 0.5) is 0 Å². The van der Waals surface area contributed by atoms with Crippen molar-refractivity contribution in [2.45, 2.75) is 58.3 Å². The summed E-state index contributed by atoms with van der Waals surface area (Å²) < 4.78 is 4.90. The summed E-state index contributed by atoms with van der Waals surface area (Å²) in [5.41, 5.74) is 0. The number of nitrogens with one attached hydrogen (secondary N) is 1. The highest BCUT2D eigenvalue weighted by Gasteiger charge is 2.11. The van der Waals surface area contributed by atoms with Crippen LogP contribution in [-0.2, 0) is 9.53 Å². The van der Waals surface area contributed by atoms with E-state index in [9.17, 15) is 4.79 Å². The number of rotatable bonds is 8. The lowest BCUT2D eigenvalue weighted by atomic mass is 9.92. The predicted octanol–water partition coefficient (Wildman–Crippen LogP) is 2.89. The van der Waals surface area contributed by atoms with E-state index in [0.717, 1.165) is 12.3 Å². The molecule has 0 aromatic rings. The van der Waals surface area contributed by atoms with Crippen LogP contribution in [0.3, 0.4) is 0 Å². The third kappa shape index (κ3) is 7.37. The van der Waals surface area contributed by atoms with E-state index in [1.54, 1.807) is 0 Å². The third-order valence-electron chi connectivity index (χ3n) is 3.51. The molecular weight excluding hydrogens is 214 g/mol. The van der Waals surface area contributed by atoms with Crippen LogP contribution in [0.15, 0.2) is 0 Å². The van der Waals surface area contributed by atoms with E-state index in [4.69, 9.17) is 4.74 Å². The highest BCUT2D eigenvalue weighted by atomic mass is 16.5. The zero-order valence-electron chi connectivity index (χ0n) is 11.2. The van der Waals surface area contributed by atoms with Crippen LogP contribution in [0.1, 0.15) is 58.3 Å². The summed E-state index contributed by atoms with van der Waals surface area (Å²) in [6.45, 7) is 4.77. The van der Waals surface area contributed by atoms with E-state index in [1.807, 2.05) is 6.92 Å². The number of hydrogen-bond donors (Lipinski definition) is 1. The lowest BCUT2D eigenvalue weighted by molar-refractivity contribution is -0.143. The van der Waals surface area contributed by atoms with Crippen LogP contribution in [0, 0.1) is 5.92 Å². The lowest BCUT2D eigenvalue weighted by Gasteiger charge is -2.22. The molecule has 0 bridgehead atoms. The Hall–Kier alpha value is -0.570. The van der Waals surface area contributed by atoms with Gasteiger partial charge in [0.25, 0.3) is 0 Å². The number of carbonyl (C=O) groups is 1. The molecule has 1 heterocycles. The molecule has 0 aromatic carbocycles. The zero-order chi connectivity index (χ0) is 12.3. The van der Waals surface area contributed by atoms with Gasteiger partial charge in [0.15, 0.2) is 0 Å². The van der Waals surface area contributed by atoms with Gasteiger partial charge in [0, 0.05) is 6.42 Å². The minimum atomic E-state index is -0.0362. The fraction of sp³-hybridized carbons (Fsp3) is 0.929. The Morgan fingerprint density at radius 1 is 1.18 bits per heavy atom. The van der Waals surface area contributed by atoms with E-state index in [2.05, 4.69) is 5.32 Å². The first-order valence-corrected chi connectivity index (χ1v) is 7.19. The van der Waals surface area contributed by atoms with Crippen molar-refractivity contribution in [3.05, 3.63) is 0 Å². The van der Waals surface area contributed by atoms with Crippen molar-refractivity contribution < 1.29 is 9.53 Å². The predicted molar refractivity (Wildman–Crippen MR) is 69.9 cm³/mol. The Kier molecular flexibility index (Phi) is 8.06. The van der Waals surface area contributed by atoms with Crippen LogP contribution >= 0.6 is 0 Å². The molecule has 17 heavy (non-hydrogen) atoms. The van der Waals surface area contributed by atoms with Crippen LogP contribution in [0.25, 0.3) is 0 Å². The highest BCUT2D eigenvalue weighted by molar-refractivity contribution is 5.69. The Labute approximate surface area is 105 Å². The number of hydrogen-bond acceptors (Lipinski definition) is 3. The van der Waals surface area contributed by atoms with Gasteiger partial charge in [-0.3, -0.25) is 4.79 Å². The quantitative estimate of drug-likeness (QED) is 0.524. The van der Waals surface area contributed by atoms with E-state index in [0.29, 0.717) is 13.0 Å². The fourth-order valence-electron chi connectivity index (χ4n) is 2.46. The molecule has 0 saturated carbocycles. The second kappa shape index (κ2) is 9.46. The van der Waals surface area contributed by atoms with Gasteiger partial charge in [-0.1, -0.05) is 25.7 Å². The van der Waals surface area contributed by atoms with Crippen LogP contribution in [0.2, 0.25) is 0 Å². The molecule has 1 saturated heterocycles. The van der Waals surface area contributed by atoms with Crippen LogP contribution < -0.4 is 5.32 Å². The van der Waals surface area contributed by atoms with E-state index in [-0.39, 0.29) is 5.97 Å². The second-order valence-corrected chi connectivity index (χ2v) is 4.95. The summed E-state index contributed by atoms with van der Waals surface area (Å²) in [5.74, 6) is 0.909. The van der Waals surface area contributed by atoms with Gasteiger partial charge in [0.2, 0.25) is 0 Å². The normalized spacial score (nSPS) is 17.0. The van der Waals surface area contributed by atoms with Crippen molar-refractivity contribution in [1.82, 2.24) is 5.32 Å². The Bertz CT molecular complexity index is 200. The molecule has 1 aliphatic heterocycles. The molecule has 0 spiro atoms. The molecule has 1 N–H and O–H groups in total. The maximum absolute atomic E-state index is 11.1. The van der Waals surface area contributed by atoms with Gasteiger partial charge in [0.05, 0.1) is 6.61 Å². The summed E-state index contributed by atoms with van der Waals surface area (Å²) in [6.07, 6.45) is 9.43. The first kappa shape index (κ1) is 14.5. The summed E-state index contributed by atoms with van der Waals surface area (Å²) >= 11 is 0. The second-order valence-electron chi connectivity index (χ2n) is 4.95. The molecule has 3 heteroatoms. The van der Waals surface area contributed by atoms with Crippen LogP contribution in [-0.4, -0.2) is 25.7 Å². The fourth-order valence-corrected chi connectivity index (χ4v) is 2.46. The summed E-state index contributed by atoms with van der Waals surface area (Å²) in [5, 5.41) is 3.40. The number of esters is 1. The molecule has 0 atom stereocenters. The lowest BCUT2D eigenvalue weighted by Crippen LogP contribution is -2.27. The summed E-state index contributed by atoms with van der Waals surface area (Å²) in [7, 11) is 0. The monoisotopic (exact) mass is 241 g/mol. The van der Waals surface area contributed by atoms with E-state index >= 15 is 0 Å². The molecule has 0 aromatic heterocycles. The van der Waals surface area contributed by atoms with Crippen molar-refractivity contribution in [3.63, 3.8) is 0 Å². The van der Waals surface area contributed by atoms with Gasteiger partial charge in [-0.2, -0.15) is 0 Å².